The molecule has 98 valence electrons. The van der Waals surface area contributed by atoms with Gasteiger partial charge in [-0.2, -0.15) is 0 Å². The summed E-state index contributed by atoms with van der Waals surface area (Å²) in [6, 6.07) is 3.49. The molecule has 1 saturated heterocycles. The van der Waals surface area contributed by atoms with Crippen LogP contribution in [0.2, 0.25) is 0 Å². The summed E-state index contributed by atoms with van der Waals surface area (Å²) in [7, 11) is 0. The molecule has 2 heterocycles. The van der Waals surface area contributed by atoms with Gasteiger partial charge in [-0.25, -0.2) is 4.79 Å². The van der Waals surface area contributed by atoms with Gasteiger partial charge in [-0.3, -0.25) is 4.79 Å². The minimum Gasteiger partial charge on any atom is -0.464 e. The van der Waals surface area contributed by atoms with Gasteiger partial charge < -0.3 is 9.64 Å². The maximum atomic E-state index is 11.8. The van der Waals surface area contributed by atoms with Crippen LogP contribution in [0.3, 0.4) is 0 Å². The molecule has 0 spiro atoms. The van der Waals surface area contributed by atoms with Crippen molar-refractivity contribution >= 4 is 35.0 Å². The summed E-state index contributed by atoms with van der Waals surface area (Å²) in [6.45, 7) is 3.61. The molecule has 18 heavy (non-hydrogen) atoms. The number of thiophene rings is 1. The third-order valence-corrected chi connectivity index (χ3v) is 5.09. The van der Waals surface area contributed by atoms with Crippen LogP contribution < -0.4 is 0 Å². The van der Waals surface area contributed by atoms with Crippen LogP contribution in [0.15, 0.2) is 17.5 Å². The first-order valence-electron chi connectivity index (χ1n) is 5.75. The van der Waals surface area contributed by atoms with Gasteiger partial charge in [0.25, 0.3) is 0 Å². The van der Waals surface area contributed by atoms with Crippen molar-refractivity contribution in [2.45, 2.75) is 25.3 Å². The van der Waals surface area contributed by atoms with Gasteiger partial charge in [-0.1, -0.05) is 6.07 Å². The normalized spacial score (nSPS) is 23.1. The average Bonchev–Trinajstić information content (AvgIpc) is 2.97. The summed E-state index contributed by atoms with van der Waals surface area (Å²) in [4.78, 5) is 26.4. The molecule has 1 amide bonds. The Kier molecular flexibility index (Phi) is 4.29. The monoisotopic (exact) mass is 285 g/mol. The topological polar surface area (TPSA) is 46.6 Å². The van der Waals surface area contributed by atoms with Crippen molar-refractivity contribution in [3.05, 3.63) is 22.4 Å². The second-order valence-electron chi connectivity index (χ2n) is 3.90. The molecular weight excluding hydrogens is 270 g/mol. The quantitative estimate of drug-likeness (QED) is 0.799. The number of hydrogen-bond donors (Lipinski definition) is 0. The molecule has 0 aromatic carbocycles. The summed E-state index contributed by atoms with van der Waals surface area (Å²) in [6.07, 6.45) is 0. The molecule has 4 nitrogen and oxygen atoms in total. The Morgan fingerprint density at radius 1 is 1.56 bits per heavy atom. The summed E-state index contributed by atoms with van der Waals surface area (Å²) >= 11 is 3.22. The highest BCUT2D eigenvalue weighted by Gasteiger charge is 2.42. The summed E-state index contributed by atoms with van der Waals surface area (Å²) in [5.41, 5.74) is 0. The van der Waals surface area contributed by atoms with Gasteiger partial charge in [0.05, 0.1) is 6.61 Å². The van der Waals surface area contributed by atoms with E-state index in [1.54, 1.807) is 34.9 Å². The van der Waals surface area contributed by atoms with Gasteiger partial charge in [0.1, 0.15) is 11.4 Å². The average molecular weight is 285 g/mol. The van der Waals surface area contributed by atoms with Crippen molar-refractivity contribution in [2.24, 2.45) is 0 Å². The molecule has 2 rings (SSSR count). The highest BCUT2D eigenvalue weighted by molar-refractivity contribution is 7.99. The first kappa shape index (κ1) is 13.4. The Morgan fingerprint density at radius 2 is 2.33 bits per heavy atom. The Hall–Kier alpha value is -1.01. The number of ether oxygens (including phenoxy) is 1. The zero-order valence-corrected chi connectivity index (χ0v) is 11.9. The smallest absolute Gasteiger partial charge is 0.329 e. The largest absolute Gasteiger partial charge is 0.464 e. The van der Waals surface area contributed by atoms with Crippen molar-refractivity contribution in [1.29, 1.82) is 0 Å². The van der Waals surface area contributed by atoms with Gasteiger partial charge >= 0.3 is 5.97 Å². The lowest BCUT2D eigenvalue weighted by atomic mass is 10.2. The molecule has 2 atom stereocenters. The van der Waals surface area contributed by atoms with Crippen molar-refractivity contribution < 1.29 is 14.3 Å². The summed E-state index contributed by atoms with van der Waals surface area (Å²) < 4.78 is 5.03. The van der Waals surface area contributed by atoms with E-state index in [1.165, 1.54) is 6.92 Å². The molecule has 1 aliphatic heterocycles. The van der Waals surface area contributed by atoms with Crippen LogP contribution >= 0.6 is 23.1 Å². The van der Waals surface area contributed by atoms with Crippen molar-refractivity contribution in [1.82, 2.24) is 4.90 Å². The van der Waals surface area contributed by atoms with Crippen LogP contribution in [0.5, 0.6) is 0 Å². The lowest BCUT2D eigenvalue weighted by Gasteiger charge is -2.26. The van der Waals surface area contributed by atoms with Crippen LogP contribution in [-0.4, -0.2) is 35.2 Å². The van der Waals surface area contributed by atoms with Gasteiger partial charge in [0, 0.05) is 17.6 Å². The van der Waals surface area contributed by atoms with E-state index in [-0.39, 0.29) is 17.3 Å². The van der Waals surface area contributed by atoms with E-state index in [1.807, 2.05) is 17.5 Å². The number of carbonyl (C=O) groups is 2. The molecule has 0 radical (unpaired) electrons. The van der Waals surface area contributed by atoms with Gasteiger partial charge in [0.2, 0.25) is 5.91 Å². The molecule has 0 N–H and O–H groups in total. The molecule has 1 aromatic rings. The van der Waals surface area contributed by atoms with Crippen LogP contribution in [0.1, 0.15) is 24.1 Å². The molecule has 0 bridgehead atoms. The predicted octanol–water partition coefficient (Wildman–Crippen LogP) is 2.27. The predicted molar refractivity (Wildman–Crippen MR) is 72.5 cm³/mol. The number of esters is 1. The van der Waals surface area contributed by atoms with Gasteiger partial charge in [-0.05, 0) is 18.4 Å². The molecule has 1 fully saturated rings. The fourth-order valence-electron chi connectivity index (χ4n) is 1.96. The fourth-order valence-corrected chi connectivity index (χ4v) is 4.39. The van der Waals surface area contributed by atoms with Crippen molar-refractivity contribution in [2.75, 3.05) is 12.4 Å². The van der Waals surface area contributed by atoms with E-state index >= 15 is 0 Å². The van der Waals surface area contributed by atoms with E-state index in [0.717, 1.165) is 4.88 Å². The van der Waals surface area contributed by atoms with E-state index in [9.17, 15) is 9.59 Å². The number of nitrogens with zero attached hydrogens (tertiary/aromatic N) is 1. The molecule has 6 heteroatoms. The van der Waals surface area contributed by atoms with Crippen molar-refractivity contribution in [3.8, 4) is 0 Å². The number of amides is 1. The third-order valence-electron chi connectivity index (χ3n) is 2.71. The van der Waals surface area contributed by atoms with E-state index in [4.69, 9.17) is 4.74 Å². The van der Waals surface area contributed by atoms with E-state index in [0.29, 0.717) is 12.4 Å². The molecule has 0 saturated carbocycles. The molecule has 1 aromatic heterocycles. The zero-order chi connectivity index (χ0) is 13.1. The minimum absolute atomic E-state index is 0.0584. The SMILES string of the molecule is CCOC(=O)C1CSC(c2cccs2)N1C(C)=O. The second kappa shape index (κ2) is 5.75. The van der Waals surface area contributed by atoms with E-state index in [2.05, 4.69) is 0 Å². The highest BCUT2D eigenvalue weighted by atomic mass is 32.2. The number of hydrogen-bond acceptors (Lipinski definition) is 5. The van der Waals surface area contributed by atoms with Crippen LogP contribution in [-0.2, 0) is 14.3 Å². The minimum atomic E-state index is -0.459. The van der Waals surface area contributed by atoms with Crippen LogP contribution in [0.25, 0.3) is 0 Å². The van der Waals surface area contributed by atoms with Crippen LogP contribution in [0, 0.1) is 0 Å². The number of thioether (sulfide) groups is 1. The molecule has 1 aliphatic rings. The highest BCUT2D eigenvalue weighted by Crippen LogP contribution is 2.43. The van der Waals surface area contributed by atoms with Gasteiger partial charge in [0.15, 0.2) is 0 Å². The Labute approximate surface area is 114 Å². The lowest BCUT2D eigenvalue weighted by molar-refractivity contribution is -0.153. The zero-order valence-electron chi connectivity index (χ0n) is 10.3. The van der Waals surface area contributed by atoms with Crippen LogP contribution in [0.4, 0.5) is 0 Å². The number of carbonyl (C=O) groups excluding carboxylic acids is 2. The third kappa shape index (κ3) is 2.54. The second-order valence-corrected chi connectivity index (χ2v) is 5.99. The fraction of sp³-hybridized carbons (Fsp3) is 0.500. The molecule has 0 aliphatic carbocycles. The molecular formula is C12H15NO3S2. The lowest BCUT2D eigenvalue weighted by Crippen LogP contribution is -2.42. The Morgan fingerprint density at radius 3 is 2.89 bits per heavy atom. The van der Waals surface area contributed by atoms with E-state index < -0.39 is 6.04 Å². The van der Waals surface area contributed by atoms with Gasteiger partial charge in [-0.15, -0.1) is 23.1 Å². The number of rotatable bonds is 3. The molecule has 2 unspecified atom stereocenters. The Balaban J connectivity index is 2.20. The van der Waals surface area contributed by atoms with Crippen molar-refractivity contribution in [3.63, 3.8) is 0 Å². The standard InChI is InChI=1S/C12H15NO3S2/c1-3-16-12(15)9-7-18-11(13(9)8(2)14)10-5-4-6-17-10/h4-6,9,11H,3,7H2,1-2H3. The maximum absolute atomic E-state index is 11.8. The Bertz CT molecular complexity index is 433. The summed E-state index contributed by atoms with van der Waals surface area (Å²) in [5, 5.41) is 1.92. The first-order chi connectivity index (χ1) is 8.65. The summed E-state index contributed by atoms with van der Waals surface area (Å²) in [5.74, 6) is 0.205. The first-order valence-corrected chi connectivity index (χ1v) is 7.68. The maximum Gasteiger partial charge on any atom is 0.329 e.